The second-order valence-corrected chi connectivity index (χ2v) is 4.50. The molecule has 8 nitrogen and oxygen atoms in total. The van der Waals surface area contributed by atoms with Crippen LogP contribution in [-0.2, 0) is 14.4 Å². The first-order valence-corrected chi connectivity index (χ1v) is 6.52. The molecule has 0 saturated carbocycles. The normalized spacial score (nSPS) is 14.4. The molecule has 0 atom stereocenters. The third-order valence-electron chi connectivity index (χ3n) is 2.76. The molecule has 0 unspecified atom stereocenters. The minimum Gasteiger partial charge on any atom is -0.484 e. The standard InChI is InChI=1S/C15H13N3O5/c16-12(19)8-23-10-6-4-9(5-7-10)2-1-3-11-13(20)17-15(22)18-14(11)21/h1-7H,8H2,(H2,16,19)(H2,17,18,20,21,22)/b2-1+. The summed E-state index contributed by atoms with van der Waals surface area (Å²) in [5.74, 6) is -1.58. The molecular weight excluding hydrogens is 302 g/mol. The van der Waals surface area contributed by atoms with Crippen molar-refractivity contribution >= 4 is 29.8 Å². The molecule has 0 aliphatic carbocycles. The Hall–Kier alpha value is -3.42. The summed E-state index contributed by atoms with van der Waals surface area (Å²) < 4.78 is 5.11. The summed E-state index contributed by atoms with van der Waals surface area (Å²) in [6.45, 7) is -0.204. The highest BCUT2D eigenvalue weighted by atomic mass is 16.5. The number of allylic oxidation sites excluding steroid dienone is 2. The quantitative estimate of drug-likeness (QED) is 0.514. The van der Waals surface area contributed by atoms with E-state index in [1.54, 1.807) is 30.3 Å². The molecule has 0 radical (unpaired) electrons. The summed E-state index contributed by atoms with van der Waals surface area (Å²) in [6, 6.07) is 5.89. The molecule has 1 saturated heterocycles. The first-order valence-electron chi connectivity index (χ1n) is 6.52. The number of amides is 5. The molecule has 0 bridgehead atoms. The summed E-state index contributed by atoms with van der Waals surface area (Å²) in [6.07, 6.45) is 4.46. The predicted octanol–water partition coefficient (Wildman–Crippen LogP) is -0.144. The third-order valence-corrected chi connectivity index (χ3v) is 2.76. The Kier molecular flexibility index (Phi) is 4.88. The van der Waals surface area contributed by atoms with Gasteiger partial charge in [-0.25, -0.2) is 4.79 Å². The minimum atomic E-state index is -0.840. The Morgan fingerprint density at radius 1 is 1.09 bits per heavy atom. The highest BCUT2D eigenvalue weighted by molar-refractivity contribution is 6.29. The van der Waals surface area contributed by atoms with Gasteiger partial charge in [-0.1, -0.05) is 24.3 Å². The average Bonchev–Trinajstić information content (AvgIpc) is 2.49. The SMILES string of the molecule is NC(=O)COc1ccc(/C=C/C=C2C(=O)NC(=O)NC2=O)cc1. The van der Waals surface area contributed by atoms with Crippen molar-refractivity contribution in [2.75, 3.05) is 6.61 Å². The van der Waals surface area contributed by atoms with Gasteiger partial charge in [-0.2, -0.15) is 0 Å². The smallest absolute Gasteiger partial charge is 0.328 e. The third kappa shape index (κ3) is 4.53. The molecule has 1 heterocycles. The van der Waals surface area contributed by atoms with Crippen molar-refractivity contribution in [3.8, 4) is 5.75 Å². The van der Waals surface area contributed by atoms with Crippen LogP contribution in [0.5, 0.6) is 5.75 Å². The van der Waals surface area contributed by atoms with Gasteiger partial charge >= 0.3 is 6.03 Å². The average molecular weight is 315 g/mol. The molecule has 23 heavy (non-hydrogen) atoms. The Morgan fingerprint density at radius 2 is 1.70 bits per heavy atom. The Labute approximate surface area is 131 Å². The number of nitrogens with two attached hydrogens (primary N) is 1. The van der Waals surface area contributed by atoms with Crippen LogP contribution in [0.1, 0.15) is 5.56 Å². The van der Waals surface area contributed by atoms with Crippen molar-refractivity contribution in [1.29, 1.82) is 0 Å². The second-order valence-electron chi connectivity index (χ2n) is 4.50. The highest BCUT2D eigenvalue weighted by Gasteiger charge is 2.26. The molecule has 1 aromatic rings. The van der Waals surface area contributed by atoms with Gasteiger partial charge in [0.1, 0.15) is 11.3 Å². The number of primary amides is 1. The molecular formula is C15H13N3O5. The van der Waals surface area contributed by atoms with Crippen LogP contribution in [0.3, 0.4) is 0 Å². The van der Waals surface area contributed by atoms with Crippen molar-refractivity contribution in [2.45, 2.75) is 0 Å². The number of barbiturate groups is 1. The molecule has 1 aromatic carbocycles. The summed E-state index contributed by atoms with van der Waals surface area (Å²) in [7, 11) is 0. The zero-order valence-corrected chi connectivity index (χ0v) is 11.9. The summed E-state index contributed by atoms with van der Waals surface area (Å²) >= 11 is 0. The van der Waals surface area contributed by atoms with Crippen LogP contribution in [0.2, 0.25) is 0 Å². The fourth-order valence-electron chi connectivity index (χ4n) is 1.71. The van der Waals surface area contributed by atoms with E-state index in [1.807, 2.05) is 10.6 Å². The molecule has 2 rings (SSSR count). The number of hydrogen-bond acceptors (Lipinski definition) is 5. The van der Waals surface area contributed by atoms with Crippen molar-refractivity contribution in [3.05, 3.63) is 47.6 Å². The van der Waals surface area contributed by atoms with Crippen molar-refractivity contribution in [3.63, 3.8) is 0 Å². The number of imide groups is 2. The van der Waals surface area contributed by atoms with Crippen LogP contribution in [0, 0.1) is 0 Å². The van der Waals surface area contributed by atoms with Gasteiger partial charge in [-0.05, 0) is 23.8 Å². The minimum absolute atomic E-state index is 0.165. The Morgan fingerprint density at radius 3 is 2.26 bits per heavy atom. The van der Waals surface area contributed by atoms with E-state index in [-0.39, 0.29) is 12.2 Å². The Bertz CT molecular complexity index is 697. The largest absolute Gasteiger partial charge is 0.484 e. The number of ether oxygens (including phenoxy) is 1. The highest BCUT2D eigenvalue weighted by Crippen LogP contribution is 2.13. The molecule has 0 spiro atoms. The van der Waals surface area contributed by atoms with E-state index in [0.29, 0.717) is 5.75 Å². The fraction of sp³-hybridized carbons (Fsp3) is 0.0667. The number of hydrogen-bond donors (Lipinski definition) is 3. The first kappa shape index (κ1) is 16.0. The number of carbonyl (C=O) groups is 4. The number of benzene rings is 1. The van der Waals surface area contributed by atoms with Gasteiger partial charge in [0.2, 0.25) is 0 Å². The van der Waals surface area contributed by atoms with E-state index in [0.717, 1.165) is 5.56 Å². The van der Waals surface area contributed by atoms with Crippen LogP contribution >= 0.6 is 0 Å². The maximum atomic E-state index is 11.5. The molecule has 5 amide bonds. The van der Waals surface area contributed by atoms with Gasteiger partial charge in [-0.3, -0.25) is 25.0 Å². The maximum absolute atomic E-state index is 11.5. The summed E-state index contributed by atoms with van der Waals surface area (Å²) in [5.41, 5.74) is 5.58. The summed E-state index contributed by atoms with van der Waals surface area (Å²) in [5, 5.41) is 3.95. The zero-order chi connectivity index (χ0) is 16.8. The molecule has 1 aliphatic heterocycles. The van der Waals surface area contributed by atoms with Crippen LogP contribution in [0.4, 0.5) is 4.79 Å². The number of nitrogens with one attached hydrogen (secondary N) is 2. The van der Waals surface area contributed by atoms with Crippen LogP contribution < -0.4 is 21.1 Å². The van der Waals surface area contributed by atoms with Gasteiger partial charge in [0, 0.05) is 0 Å². The topological polar surface area (TPSA) is 128 Å². The van der Waals surface area contributed by atoms with Gasteiger partial charge in [0.15, 0.2) is 6.61 Å². The lowest BCUT2D eigenvalue weighted by molar-refractivity contribution is -0.124. The lowest BCUT2D eigenvalue weighted by Gasteiger charge is -2.12. The maximum Gasteiger partial charge on any atom is 0.328 e. The molecule has 0 aromatic heterocycles. The van der Waals surface area contributed by atoms with E-state index in [2.05, 4.69) is 0 Å². The summed E-state index contributed by atoms with van der Waals surface area (Å²) in [4.78, 5) is 44.5. The number of rotatable bonds is 5. The second kappa shape index (κ2) is 7.03. The zero-order valence-electron chi connectivity index (χ0n) is 11.9. The van der Waals surface area contributed by atoms with Gasteiger partial charge < -0.3 is 10.5 Å². The van der Waals surface area contributed by atoms with Crippen molar-refractivity contribution in [1.82, 2.24) is 10.6 Å². The number of carbonyl (C=O) groups excluding carboxylic acids is 4. The van der Waals surface area contributed by atoms with Crippen molar-refractivity contribution < 1.29 is 23.9 Å². The van der Waals surface area contributed by atoms with E-state index in [9.17, 15) is 19.2 Å². The fourth-order valence-corrected chi connectivity index (χ4v) is 1.71. The van der Waals surface area contributed by atoms with Crippen LogP contribution in [-0.4, -0.2) is 30.4 Å². The lowest BCUT2D eigenvalue weighted by Crippen LogP contribution is -2.51. The molecule has 118 valence electrons. The predicted molar refractivity (Wildman–Crippen MR) is 79.9 cm³/mol. The molecule has 4 N–H and O–H groups in total. The molecule has 1 fully saturated rings. The van der Waals surface area contributed by atoms with Gasteiger partial charge in [-0.15, -0.1) is 0 Å². The van der Waals surface area contributed by atoms with Crippen LogP contribution in [0.15, 0.2) is 42.0 Å². The van der Waals surface area contributed by atoms with E-state index >= 15 is 0 Å². The van der Waals surface area contributed by atoms with E-state index in [4.69, 9.17) is 10.5 Å². The van der Waals surface area contributed by atoms with E-state index in [1.165, 1.54) is 12.2 Å². The Balaban J connectivity index is 2.01. The number of urea groups is 1. The van der Waals surface area contributed by atoms with E-state index < -0.39 is 23.8 Å². The molecule has 8 heteroatoms. The van der Waals surface area contributed by atoms with Crippen LogP contribution in [0.25, 0.3) is 6.08 Å². The van der Waals surface area contributed by atoms with Gasteiger partial charge in [0.25, 0.3) is 17.7 Å². The van der Waals surface area contributed by atoms with Crippen molar-refractivity contribution in [2.24, 2.45) is 5.73 Å². The van der Waals surface area contributed by atoms with Gasteiger partial charge in [0.05, 0.1) is 0 Å². The monoisotopic (exact) mass is 315 g/mol. The molecule has 1 aliphatic rings. The lowest BCUT2D eigenvalue weighted by atomic mass is 10.1. The first-order chi connectivity index (χ1) is 11.0.